The summed E-state index contributed by atoms with van der Waals surface area (Å²) in [4.78, 5) is 11.8. The highest BCUT2D eigenvalue weighted by Gasteiger charge is 2.11. The highest BCUT2D eigenvalue weighted by molar-refractivity contribution is 5.96. The summed E-state index contributed by atoms with van der Waals surface area (Å²) < 4.78 is 1.87. The van der Waals surface area contributed by atoms with Crippen molar-refractivity contribution in [3.63, 3.8) is 0 Å². The molecule has 0 atom stereocenters. The van der Waals surface area contributed by atoms with Crippen LogP contribution in [0.3, 0.4) is 0 Å². The molecule has 5 aromatic heterocycles. The van der Waals surface area contributed by atoms with Crippen LogP contribution >= 0.6 is 0 Å². The van der Waals surface area contributed by atoms with E-state index in [1.807, 2.05) is 54.6 Å². The van der Waals surface area contributed by atoms with E-state index < -0.39 is 0 Å². The lowest BCUT2D eigenvalue weighted by Crippen LogP contribution is -1.88. The lowest BCUT2D eigenvalue weighted by atomic mass is 9.99. The molecule has 6 nitrogen and oxygen atoms in total. The third kappa shape index (κ3) is 4.42. The predicted molar refractivity (Wildman–Crippen MR) is 144 cm³/mol. The molecule has 0 saturated carbocycles. The molecule has 0 amide bonds. The first-order valence-corrected chi connectivity index (χ1v) is 11.4. The van der Waals surface area contributed by atoms with Gasteiger partial charge >= 0.3 is 0 Å². The Kier molecular flexibility index (Phi) is 6.09. The number of fused-ring (bicyclic) bond motifs is 2. The van der Waals surface area contributed by atoms with Gasteiger partial charge in [0.2, 0.25) is 0 Å². The number of nitrogens with zero attached hydrogens (tertiary/aromatic N) is 4. The number of rotatable bonds is 4. The Balaban J connectivity index is 0.000000271. The zero-order valence-electron chi connectivity index (χ0n) is 19.7. The minimum Gasteiger partial charge on any atom is -0.387 e. The first kappa shape index (κ1) is 22.1. The third-order valence-corrected chi connectivity index (χ3v) is 6.02. The maximum Gasteiger partial charge on any atom is 0.137 e. The highest BCUT2D eigenvalue weighted by Crippen LogP contribution is 2.32. The Hall–Kier alpha value is -4.71. The van der Waals surface area contributed by atoms with Gasteiger partial charge in [-0.1, -0.05) is 36.9 Å². The van der Waals surface area contributed by atoms with E-state index in [-0.39, 0.29) is 0 Å². The lowest BCUT2D eigenvalue weighted by Gasteiger charge is -2.07. The molecule has 6 heteroatoms. The van der Waals surface area contributed by atoms with E-state index in [2.05, 4.69) is 81.3 Å². The molecular formula is C29H26N6. The number of aromatic amines is 1. The molecule has 0 aliphatic heterocycles. The van der Waals surface area contributed by atoms with Crippen LogP contribution in [0.15, 0.2) is 98.4 Å². The van der Waals surface area contributed by atoms with Gasteiger partial charge in [0.05, 0.1) is 17.4 Å². The van der Waals surface area contributed by atoms with Gasteiger partial charge in [0.25, 0.3) is 0 Å². The maximum atomic E-state index is 4.64. The van der Waals surface area contributed by atoms with Gasteiger partial charge in [0.1, 0.15) is 5.65 Å². The molecular weight excluding hydrogens is 432 g/mol. The Morgan fingerprint density at radius 1 is 0.971 bits per heavy atom. The first-order chi connectivity index (χ1) is 17.2. The zero-order valence-corrected chi connectivity index (χ0v) is 19.7. The molecule has 0 saturated heterocycles. The average Bonchev–Trinajstić information content (AvgIpc) is 3.53. The summed E-state index contributed by atoms with van der Waals surface area (Å²) in [5.41, 5.74) is 9.83. The summed E-state index contributed by atoms with van der Waals surface area (Å²) in [6, 6.07) is 18.7. The minimum atomic E-state index is 0.889. The van der Waals surface area contributed by atoms with E-state index in [4.69, 9.17) is 0 Å². The number of hydrogen-bond donors (Lipinski definition) is 2. The van der Waals surface area contributed by atoms with Crippen molar-refractivity contribution in [2.45, 2.75) is 6.92 Å². The van der Waals surface area contributed by atoms with E-state index in [9.17, 15) is 0 Å². The van der Waals surface area contributed by atoms with Crippen molar-refractivity contribution in [2.75, 3.05) is 12.4 Å². The van der Waals surface area contributed by atoms with Gasteiger partial charge in [-0.25, -0.2) is 9.50 Å². The van der Waals surface area contributed by atoms with Gasteiger partial charge in [0.15, 0.2) is 0 Å². The SMILES string of the molecule is C=Cc1cnn2ccc(-c3c[nH]c4ncc(-c5ccccc5C)cc34)cc12.CNc1cccnc1. The maximum absolute atomic E-state index is 4.64. The van der Waals surface area contributed by atoms with Crippen molar-refractivity contribution >= 4 is 28.3 Å². The molecule has 0 fully saturated rings. The van der Waals surface area contributed by atoms with Gasteiger partial charge < -0.3 is 10.3 Å². The predicted octanol–water partition coefficient (Wildman–Crippen LogP) is 6.62. The van der Waals surface area contributed by atoms with Crippen LogP contribution in [0.2, 0.25) is 0 Å². The molecule has 6 rings (SSSR count). The summed E-state index contributed by atoms with van der Waals surface area (Å²) in [6.07, 6.45) is 13.1. The van der Waals surface area contributed by atoms with Crippen LogP contribution in [0, 0.1) is 6.92 Å². The molecule has 0 radical (unpaired) electrons. The highest BCUT2D eigenvalue weighted by atomic mass is 15.2. The number of benzene rings is 1. The van der Waals surface area contributed by atoms with Crippen molar-refractivity contribution in [1.82, 2.24) is 24.6 Å². The molecule has 0 bridgehead atoms. The van der Waals surface area contributed by atoms with Gasteiger partial charge in [-0.2, -0.15) is 5.10 Å². The number of aromatic nitrogens is 5. The van der Waals surface area contributed by atoms with E-state index in [0.717, 1.165) is 44.5 Å². The summed E-state index contributed by atoms with van der Waals surface area (Å²) in [5.74, 6) is 0. The van der Waals surface area contributed by atoms with Crippen LogP contribution in [0.25, 0.3) is 44.9 Å². The van der Waals surface area contributed by atoms with Crippen molar-refractivity contribution in [2.24, 2.45) is 0 Å². The molecule has 5 heterocycles. The largest absolute Gasteiger partial charge is 0.387 e. The molecule has 0 aliphatic rings. The Morgan fingerprint density at radius 2 is 1.86 bits per heavy atom. The summed E-state index contributed by atoms with van der Waals surface area (Å²) in [6.45, 7) is 6.01. The van der Waals surface area contributed by atoms with Crippen molar-refractivity contribution in [1.29, 1.82) is 0 Å². The summed E-state index contributed by atoms with van der Waals surface area (Å²) in [5, 5.41) is 8.44. The molecule has 1 aromatic carbocycles. The average molecular weight is 459 g/mol. The molecule has 172 valence electrons. The van der Waals surface area contributed by atoms with Crippen LogP contribution in [-0.4, -0.2) is 31.6 Å². The quantitative estimate of drug-likeness (QED) is 0.311. The van der Waals surface area contributed by atoms with E-state index in [1.54, 1.807) is 12.4 Å². The second kappa shape index (κ2) is 9.65. The Morgan fingerprint density at radius 3 is 2.60 bits per heavy atom. The minimum absolute atomic E-state index is 0.889. The zero-order chi connectivity index (χ0) is 24.2. The number of aryl methyl sites for hydroxylation is 1. The smallest absolute Gasteiger partial charge is 0.137 e. The van der Waals surface area contributed by atoms with E-state index in [1.165, 1.54) is 11.1 Å². The van der Waals surface area contributed by atoms with Crippen LogP contribution in [-0.2, 0) is 0 Å². The number of anilines is 1. The number of pyridine rings is 3. The normalized spacial score (nSPS) is 10.7. The number of hydrogen-bond acceptors (Lipinski definition) is 4. The first-order valence-electron chi connectivity index (χ1n) is 11.4. The van der Waals surface area contributed by atoms with Crippen LogP contribution in [0.4, 0.5) is 5.69 Å². The van der Waals surface area contributed by atoms with E-state index >= 15 is 0 Å². The standard InChI is InChI=1S/C23H18N4.C6H8N2/c1-3-16-13-26-27-9-8-17(11-22(16)27)21-14-25-23-20(21)10-18(12-24-23)19-7-5-4-6-15(19)2;1-7-6-3-2-4-8-5-6/h3-14H,1H2,2H3,(H,24,25);2-5,7H,1H3. The third-order valence-electron chi connectivity index (χ3n) is 6.02. The van der Waals surface area contributed by atoms with Crippen LogP contribution < -0.4 is 5.32 Å². The van der Waals surface area contributed by atoms with Crippen LogP contribution in [0.1, 0.15) is 11.1 Å². The number of H-pyrrole nitrogens is 1. The summed E-state index contributed by atoms with van der Waals surface area (Å²) in [7, 11) is 1.87. The van der Waals surface area contributed by atoms with E-state index in [0.29, 0.717) is 0 Å². The fourth-order valence-electron chi connectivity index (χ4n) is 4.12. The van der Waals surface area contributed by atoms with Gasteiger partial charge in [0, 0.05) is 60.1 Å². The Labute approximate surface area is 204 Å². The number of nitrogens with one attached hydrogen (secondary N) is 2. The fraction of sp³-hybridized carbons (Fsp3) is 0.0690. The molecule has 6 aromatic rings. The second-order valence-corrected chi connectivity index (χ2v) is 8.18. The van der Waals surface area contributed by atoms with Crippen molar-refractivity contribution < 1.29 is 0 Å². The Bertz CT molecular complexity index is 1610. The topological polar surface area (TPSA) is 70.9 Å². The molecule has 2 N–H and O–H groups in total. The summed E-state index contributed by atoms with van der Waals surface area (Å²) >= 11 is 0. The molecule has 0 spiro atoms. The van der Waals surface area contributed by atoms with Crippen molar-refractivity contribution in [3.8, 4) is 22.3 Å². The van der Waals surface area contributed by atoms with Gasteiger partial charge in [-0.15, -0.1) is 0 Å². The molecule has 0 aliphatic carbocycles. The molecule has 0 unspecified atom stereocenters. The second-order valence-electron chi connectivity index (χ2n) is 8.18. The van der Waals surface area contributed by atoms with Gasteiger partial charge in [-0.3, -0.25) is 4.98 Å². The fourth-order valence-corrected chi connectivity index (χ4v) is 4.12. The van der Waals surface area contributed by atoms with Crippen molar-refractivity contribution in [3.05, 3.63) is 109 Å². The molecule has 35 heavy (non-hydrogen) atoms. The monoisotopic (exact) mass is 458 g/mol. The van der Waals surface area contributed by atoms with Gasteiger partial charge in [-0.05, 0) is 53.9 Å². The lowest BCUT2D eigenvalue weighted by molar-refractivity contribution is 0.962. The van der Waals surface area contributed by atoms with Crippen LogP contribution in [0.5, 0.6) is 0 Å².